The molecule has 1 heterocycles. The molecule has 2 aromatic rings. The molecule has 0 saturated heterocycles. The molecule has 7 heteroatoms. The van der Waals surface area contributed by atoms with Crippen LogP contribution in [0.15, 0.2) is 35.1 Å². The Balaban J connectivity index is 1.74. The van der Waals surface area contributed by atoms with Crippen molar-refractivity contribution in [2.75, 3.05) is 20.8 Å². The van der Waals surface area contributed by atoms with Crippen LogP contribution < -0.4 is 14.8 Å². The van der Waals surface area contributed by atoms with Crippen LogP contribution in [0.4, 0.5) is 0 Å². The third-order valence-electron chi connectivity index (χ3n) is 3.35. The second-order valence-corrected chi connectivity index (χ2v) is 5.88. The fourth-order valence-corrected chi connectivity index (χ4v) is 2.48. The molecule has 0 spiro atoms. The van der Waals surface area contributed by atoms with Crippen molar-refractivity contribution in [3.8, 4) is 11.5 Å². The fourth-order valence-electron chi connectivity index (χ4n) is 2.15. The van der Waals surface area contributed by atoms with Gasteiger partial charge in [-0.1, -0.05) is 6.07 Å². The Kier molecular flexibility index (Phi) is 6.46. The first-order valence-electron chi connectivity index (χ1n) is 7.28. The van der Waals surface area contributed by atoms with Crippen molar-refractivity contribution >= 4 is 21.8 Å². The number of carbonyl (C=O) groups is 1. The second-order valence-electron chi connectivity index (χ2n) is 4.96. The van der Waals surface area contributed by atoms with Crippen molar-refractivity contribution in [2.24, 2.45) is 0 Å². The molecule has 1 N–H and O–H groups in total. The summed E-state index contributed by atoms with van der Waals surface area (Å²) in [6.45, 7) is 1.14. The minimum absolute atomic E-state index is 0.0112. The number of benzene rings is 1. The highest BCUT2D eigenvalue weighted by Gasteiger charge is 2.06. The molecule has 0 unspecified atom stereocenters. The Morgan fingerprint density at radius 2 is 2.09 bits per heavy atom. The van der Waals surface area contributed by atoms with E-state index in [0.717, 1.165) is 16.5 Å². The molecule has 124 valence electrons. The number of rotatable bonds is 8. The summed E-state index contributed by atoms with van der Waals surface area (Å²) in [5.41, 5.74) is 1.08. The number of amides is 1. The van der Waals surface area contributed by atoms with Gasteiger partial charge in [0.25, 0.3) is 0 Å². The molecule has 0 fully saturated rings. The van der Waals surface area contributed by atoms with Gasteiger partial charge in [0.15, 0.2) is 11.5 Å². The summed E-state index contributed by atoms with van der Waals surface area (Å²) in [6, 6.07) is 5.76. The van der Waals surface area contributed by atoms with E-state index in [9.17, 15) is 4.79 Å². The van der Waals surface area contributed by atoms with Gasteiger partial charge in [0.2, 0.25) is 5.91 Å². The van der Waals surface area contributed by atoms with E-state index in [1.54, 1.807) is 25.1 Å². The first kappa shape index (κ1) is 17.3. The summed E-state index contributed by atoms with van der Waals surface area (Å²) < 4.78 is 13.1. The standard InChI is InChI=1S/C16H20BrN3O3/c1-22-14-4-3-12(9-15(14)23-2)5-7-18-16(21)6-8-20-11-13(17)10-19-20/h3-4,9-11H,5-8H2,1-2H3,(H,18,21). The lowest BCUT2D eigenvalue weighted by Crippen LogP contribution is -2.26. The SMILES string of the molecule is COc1ccc(CCNC(=O)CCn2cc(Br)cn2)cc1OC. The summed E-state index contributed by atoms with van der Waals surface area (Å²) in [5, 5.41) is 7.03. The molecule has 0 radical (unpaired) electrons. The highest BCUT2D eigenvalue weighted by Crippen LogP contribution is 2.27. The Morgan fingerprint density at radius 3 is 2.74 bits per heavy atom. The number of aryl methyl sites for hydroxylation is 1. The van der Waals surface area contributed by atoms with Crippen molar-refractivity contribution in [1.29, 1.82) is 0 Å². The molecular weight excluding hydrogens is 362 g/mol. The summed E-state index contributed by atoms with van der Waals surface area (Å²) >= 11 is 3.33. The molecule has 0 aliphatic heterocycles. The normalized spacial score (nSPS) is 10.4. The third kappa shape index (κ3) is 5.28. The van der Waals surface area contributed by atoms with Crippen LogP contribution in [0.3, 0.4) is 0 Å². The summed E-state index contributed by atoms with van der Waals surface area (Å²) in [4.78, 5) is 11.8. The molecule has 1 aromatic carbocycles. The minimum atomic E-state index is 0.0112. The number of aromatic nitrogens is 2. The highest BCUT2D eigenvalue weighted by molar-refractivity contribution is 9.10. The van der Waals surface area contributed by atoms with E-state index in [-0.39, 0.29) is 5.91 Å². The molecule has 0 bridgehead atoms. The van der Waals surface area contributed by atoms with Gasteiger partial charge >= 0.3 is 0 Å². The topological polar surface area (TPSA) is 65.4 Å². The van der Waals surface area contributed by atoms with Crippen molar-refractivity contribution in [3.05, 3.63) is 40.6 Å². The van der Waals surface area contributed by atoms with Crippen LogP contribution in [0, 0.1) is 0 Å². The summed E-state index contributed by atoms with van der Waals surface area (Å²) in [5.74, 6) is 1.41. The minimum Gasteiger partial charge on any atom is -0.493 e. The van der Waals surface area contributed by atoms with Crippen LogP contribution in [0.1, 0.15) is 12.0 Å². The molecule has 2 rings (SSSR count). The predicted octanol–water partition coefficient (Wildman–Crippen LogP) is 2.41. The van der Waals surface area contributed by atoms with Crippen molar-refractivity contribution < 1.29 is 14.3 Å². The number of hydrogen-bond acceptors (Lipinski definition) is 4. The quantitative estimate of drug-likeness (QED) is 0.762. The van der Waals surface area contributed by atoms with Crippen LogP contribution >= 0.6 is 15.9 Å². The van der Waals surface area contributed by atoms with Crippen LogP contribution in [0.5, 0.6) is 11.5 Å². The van der Waals surface area contributed by atoms with Crippen LogP contribution in [0.25, 0.3) is 0 Å². The van der Waals surface area contributed by atoms with Gasteiger partial charge in [-0.05, 0) is 40.0 Å². The summed E-state index contributed by atoms with van der Waals surface area (Å²) in [6.07, 6.45) is 4.69. The zero-order valence-electron chi connectivity index (χ0n) is 13.2. The van der Waals surface area contributed by atoms with Gasteiger partial charge in [-0.3, -0.25) is 9.48 Å². The molecule has 0 aliphatic rings. The van der Waals surface area contributed by atoms with Gasteiger partial charge in [0, 0.05) is 25.7 Å². The average molecular weight is 382 g/mol. The van der Waals surface area contributed by atoms with Gasteiger partial charge < -0.3 is 14.8 Å². The van der Waals surface area contributed by atoms with Crippen molar-refractivity contribution in [2.45, 2.75) is 19.4 Å². The number of nitrogens with zero attached hydrogens (tertiary/aromatic N) is 2. The van der Waals surface area contributed by atoms with E-state index in [1.807, 2.05) is 24.4 Å². The van der Waals surface area contributed by atoms with E-state index in [4.69, 9.17) is 9.47 Å². The van der Waals surface area contributed by atoms with E-state index >= 15 is 0 Å². The van der Waals surface area contributed by atoms with Crippen molar-refractivity contribution in [3.63, 3.8) is 0 Å². The van der Waals surface area contributed by atoms with Gasteiger partial charge in [0.05, 0.1) is 24.9 Å². The maximum atomic E-state index is 11.8. The number of methoxy groups -OCH3 is 2. The van der Waals surface area contributed by atoms with Crippen LogP contribution in [-0.4, -0.2) is 36.5 Å². The zero-order chi connectivity index (χ0) is 16.7. The molecule has 23 heavy (non-hydrogen) atoms. The highest BCUT2D eigenvalue weighted by atomic mass is 79.9. The number of halogens is 1. The largest absolute Gasteiger partial charge is 0.493 e. The van der Waals surface area contributed by atoms with Crippen LogP contribution in [-0.2, 0) is 17.8 Å². The second kappa shape index (κ2) is 8.57. The Labute approximate surface area is 143 Å². The third-order valence-corrected chi connectivity index (χ3v) is 3.76. The lowest BCUT2D eigenvalue weighted by atomic mass is 10.1. The van der Waals surface area contributed by atoms with E-state index in [0.29, 0.717) is 31.0 Å². The van der Waals surface area contributed by atoms with Crippen LogP contribution in [0.2, 0.25) is 0 Å². The maximum absolute atomic E-state index is 11.8. The Bertz CT molecular complexity index is 658. The summed E-state index contributed by atoms with van der Waals surface area (Å²) in [7, 11) is 3.22. The monoisotopic (exact) mass is 381 g/mol. The van der Waals surface area contributed by atoms with Crippen molar-refractivity contribution in [1.82, 2.24) is 15.1 Å². The lowest BCUT2D eigenvalue weighted by molar-refractivity contribution is -0.121. The van der Waals surface area contributed by atoms with E-state index < -0.39 is 0 Å². The molecule has 1 aromatic heterocycles. The first-order valence-corrected chi connectivity index (χ1v) is 8.07. The zero-order valence-corrected chi connectivity index (χ0v) is 14.8. The molecule has 1 amide bonds. The molecular formula is C16H20BrN3O3. The fraction of sp³-hybridized carbons (Fsp3) is 0.375. The number of carbonyl (C=O) groups excluding carboxylic acids is 1. The molecule has 0 atom stereocenters. The van der Waals surface area contributed by atoms with Gasteiger partial charge in [-0.15, -0.1) is 0 Å². The van der Waals surface area contributed by atoms with Gasteiger partial charge in [-0.2, -0.15) is 5.10 Å². The van der Waals surface area contributed by atoms with Gasteiger partial charge in [-0.25, -0.2) is 0 Å². The molecule has 0 saturated carbocycles. The average Bonchev–Trinajstić information content (AvgIpc) is 2.98. The first-order chi connectivity index (χ1) is 11.1. The molecule has 0 aliphatic carbocycles. The molecule has 6 nitrogen and oxygen atoms in total. The number of ether oxygens (including phenoxy) is 2. The number of nitrogens with one attached hydrogen (secondary N) is 1. The van der Waals surface area contributed by atoms with E-state index in [1.165, 1.54) is 0 Å². The maximum Gasteiger partial charge on any atom is 0.221 e. The van der Waals surface area contributed by atoms with Gasteiger partial charge in [0.1, 0.15) is 0 Å². The Morgan fingerprint density at radius 1 is 1.30 bits per heavy atom. The predicted molar refractivity (Wildman–Crippen MR) is 90.8 cm³/mol. The smallest absolute Gasteiger partial charge is 0.221 e. The van der Waals surface area contributed by atoms with E-state index in [2.05, 4.69) is 26.3 Å². The number of hydrogen-bond donors (Lipinski definition) is 1. The lowest BCUT2D eigenvalue weighted by Gasteiger charge is -2.10. The Hall–Kier alpha value is -2.02.